The molecule has 3 heteroatoms. The molecule has 1 aromatic carbocycles. The fourth-order valence-corrected chi connectivity index (χ4v) is 2.01. The second kappa shape index (κ2) is 4.07. The topological polar surface area (TPSA) is 35.2 Å². The molecule has 0 aromatic heterocycles. The first-order chi connectivity index (χ1) is 6.81. The van der Waals surface area contributed by atoms with Crippen LogP contribution in [0.15, 0.2) is 12.1 Å². The third-order valence-electron chi connectivity index (χ3n) is 2.75. The lowest BCUT2D eigenvalue weighted by Gasteiger charge is -2.06. The fraction of sp³-hybridized carbons (Fsp3) is 0.455. The van der Waals surface area contributed by atoms with Crippen LogP contribution in [0.3, 0.4) is 0 Å². The number of hydrogen-bond donors (Lipinski definition) is 1. The quantitative estimate of drug-likeness (QED) is 0.746. The van der Waals surface area contributed by atoms with E-state index < -0.39 is 0 Å². The highest BCUT2D eigenvalue weighted by molar-refractivity contribution is 5.36. The number of nitrogens with two attached hydrogens (primary N) is 1. The Hall–Kier alpha value is -0.930. The fourth-order valence-electron chi connectivity index (χ4n) is 2.01. The summed E-state index contributed by atoms with van der Waals surface area (Å²) in [6.45, 7) is 0.371. The summed E-state index contributed by atoms with van der Waals surface area (Å²) >= 11 is 0. The molecule has 0 unspecified atom stereocenters. The molecule has 0 atom stereocenters. The predicted octanol–water partition coefficient (Wildman–Crippen LogP) is 1.75. The van der Waals surface area contributed by atoms with Crippen molar-refractivity contribution in [3.8, 4) is 0 Å². The van der Waals surface area contributed by atoms with Gasteiger partial charge in [0, 0.05) is 6.42 Å². The van der Waals surface area contributed by atoms with Crippen molar-refractivity contribution in [1.29, 1.82) is 0 Å². The van der Waals surface area contributed by atoms with Crippen molar-refractivity contribution in [2.45, 2.75) is 25.7 Å². The number of rotatable bonds is 3. The number of hydrogen-bond acceptors (Lipinski definition) is 2. The van der Waals surface area contributed by atoms with Crippen LogP contribution in [-0.2, 0) is 24.1 Å². The molecular weight excluding hydrogens is 181 g/mol. The molecule has 1 aromatic rings. The Bertz CT molecular complexity index is 338. The first-order valence-electron chi connectivity index (χ1n) is 4.93. The first-order valence-corrected chi connectivity index (χ1v) is 4.93. The zero-order valence-corrected chi connectivity index (χ0v) is 8.05. The van der Waals surface area contributed by atoms with Crippen molar-refractivity contribution in [3.63, 3.8) is 0 Å². The van der Waals surface area contributed by atoms with Crippen molar-refractivity contribution in [2.75, 3.05) is 6.61 Å². The van der Waals surface area contributed by atoms with Crippen LogP contribution < -0.4 is 5.90 Å². The largest absolute Gasteiger partial charge is 0.304 e. The van der Waals surface area contributed by atoms with Crippen molar-refractivity contribution in [3.05, 3.63) is 34.6 Å². The van der Waals surface area contributed by atoms with E-state index in [4.69, 9.17) is 5.90 Å². The molecule has 0 fully saturated rings. The lowest BCUT2D eigenvalue weighted by atomic mass is 10.0. The second-order valence-electron chi connectivity index (χ2n) is 3.69. The molecule has 1 aliphatic carbocycles. The van der Waals surface area contributed by atoms with Gasteiger partial charge < -0.3 is 4.84 Å². The standard InChI is InChI=1S/C11H14FNO/c12-11-7-9-3-1-2-8(9)6-10(11)4-5-14-13/h6-7H,1-5,13H2. The van der Waals surface area contributed by atoms with Crippen LogP contribution in [0.5, 0.6) is 0 Å². The van der Waals surface area contributed by atoms with Gasteiger partial charge in [-0.15, -0.1) is 0 Å². The Balaban J connectivity index is 2.23. The highest BCUT2D eigenvalue weighted by Gasteiger charge is 2.14. The molecule has 2 nitrogen and oxygen atoms in total. The van der Waals surface area contributed by atoms with Gasteiger partial charge in [-0.25, -0.2) is 10.3 Å². The smallest absolute Gasteiger partial charge is 0.126 e. The van der Waals surface area contributed by atoms with Gasteiger partial charge in [0.25, 0.3) is 0 Å². The van der Waals surface area contributed by atoms with Crippen molar-refractivity contribution >= 4 is 0 Å². The summed E-state index contributed by atoms with van der Waals surface area (Å²) in [6, 6.07) is 3.62. The number of halogens is 1. The van der Waals surface area contributed by atoms with Crippen molar-refractivity contribution < 1.29 is 9.23 Å². The molecule has 76 valence electrons. The van der Waals surface area contributed by atoms with E-state index in [-0.39, 0.29) is 5.82 Å². The van der Waals surface area contributed by atoms with Gasteiger partial charge in [0.15, 0.2) is 0 Å². The predicted molar refractivity (Wildman–Crippen MR) is 52.3 cm³/mol. The highest BCUT2D eigenvalue weighted by atomic mass is 19.1. The summed E-state index contributed by atoms with van der Waals surface area (Å²) in [7, 11) is 0. The highest BCUT2D eigenvalue weighted by Crippen LogP contribution is 2.25. The summed E-state index contributed by atoms with van der Waals surface area (Å²) in [5, 5.41) is 0. The summed E-state index contributed by atoms with van der Waals surface area (Å²) in [4.78, 5) is 4.45. The Morgan fingerprint density at radius 3 is 2.71 bits per heavy atom. The maximum atomic E-state index is 13.5. The lowest BCUT2D eigenvalue weighted by Crippen LogP contribution is -2.05. The first kappa shape index (κ1) is 9.62. The molecule has 0 aliphatic heterocycles. The minimum Gasteiger partial charge on any atom is -0.304 e. The van der Waals surface area contributed by atoms with E-state index >= 15 is 0 Å². The van der Waals surface area contributed by atoms with E-state index in [9.17, 15) is 4.39 Å². The molecule has 2 N–H and O–H groups in total. The zero-order chi connectivity index (χ0) is 9.97. The number of benzene rings is 1. The van der Waals surface area contributed by atoms with Crippen LogP contribution in [-0.4, -0.2) is 6.61 Å². The van der Waals surface area contributed by atoms with E-state index in [1.807, 2.05) is 6.07 Å². The van der Waals surface area contributed by atoms with Gasteiger partial charge in [0.05, 0.1) is 6.61 Å². The Labute approximate surface area is 82.8 Å². The van der Waals surface area contributed by atoms with E-state index in [0.717, 1.165) is 24.8 Å². The van der Waals surface area contributed by atoms with Crippen molar-refractivity contribution in [1.82, 2.24) is 0 Å². The summed E-state index contributed by atoms with van der Waals surface area (Å²) in [5.74, 6) is 4.79. The van der Waals surface area contributed by atoms with Gasteiger partial charge in [0.1, 0.15) is 5.82 Å². The Morgan fingerprint density at radius 1 is 1.29 bits per heavy atom. The second-order valence-corrected chi connectivity index (χ2v) is 3.69. The van der Waals surface area contributed by atoms with Gasteiger partial charge in [-0.05, 0) is 42.0 Å². The average molecular weight is 195 g/mol. The molecule has 0 bridgehead atoms. The molecule has 0 saturated carbocycles. The summed E-state index contributed by atoms with van der Waals surface area (Å²) in [6.07, 6.45) is 3.78. The van der Waals surface area contributed by atoms with Gasteiger partial charge in [-0.3, -0.25) is 0 Å². The van der Waals surface area contributed by atoms with Crippen LogP contribution in [0.2, 0.25) is 0 Å². The maximum absolute atomic E-state index is 13.5. The molecule has 0 spiro atoms. The van der Waals surface area contributed by atoms with E-state index in [1.165, 1.54) is 11.1 Å². The Kier molecular flexibility index (Phi) is 2.79. The number of aryl methyl sites for hydroxylation is 2. The maximum Gasteiger partial charge on any atom is 0.126 e. The zero-order valence-electron chi connectivity index (χ0n) is 8.05. The van der Waals surface area contributed by atoms with E-state index in [1.54, 1.807) is 6.07 Å². The third kappa shape index (κ3) is 1.79. The van der Waals surface area contributed by atoms with Crippen LogP contribution in [0, 0.1) is 5.82 Å². The molecular formula is C11H14FNO. The van der Waals surface area contributed by atoms with Crippen LogP contribution in [0.25, 0.3) is 0 Å². The van der Waals surface area contributed by atoms with Crippen LogP contribution in [0.1, 0.15) is 23.1 Å². The summed E-state index contributed by atoms with van der Waals surface area (Å²) < 4.78 is 13.5. The van der Waals surface area contributed by atoms with Gasteiger partial charge >= 0.3 is 0 Å². The minimum atomic E-state index is -0.122. The van der Waals surface area contributed by atoms with Gasteiger partial charge in [-0.2, -0.15) is 0 Å². The molecule has 0 heterocycles. The van der Waals surface area contributed by atoms with Crippen LogP contribution >= 0.6 is 0 Å². The Morgan fingerprint density at radius 2 is 2.00 bits per heavy atom. The van der Waals surface area contributed by atoms with E-state index in [0.29, 0.717) is 13.0 Å². The summed E-state index contributed by atoms with van der Waals surface area (Å²) in [5.41, 5.74) is 3.18. The SMILES string of the molecule is NOCCc1cc2c(cc1F)CCC2. The van der Waals surface area contributed by atoms with Crippen LogP contribution in [0.4, 0.5) is 4.39 Å². The average Bonchev–Trinajstić information content (AvgIpc) is 2.61. The van der Waals surface area contributed by atoms with Crippen molar-refractivity contribution in [2.24, 2.45) is 5.90 Å². The monoisotopic (exact) mass is 195 g/mol. The molecule has 1 aliphatic rings. The molecule has 0 saturated heterocycles. The molecule has 14 heavy (non-hydrogen) atoms. The minimum absolute atomic E-state index is 0.122. The molecule has 0 radical (unpaired) electrons. The number of fused-ring (bicyclic) bond motifs is 1. The molecule has 2 rings (SSSR count). The third-order valence-corrected chi connectivity index (χ3v) is 2.75. The molecule has 0 amide bonds. The lowest BCUT2D eigenvalue weighted by molar-refractivity contribution is 0.140. The van der Waals surface area contributed by atoms with Gasteiger partial charge in [-0.1, -0.05) is 6.07 Å². The van der Waals surface area contributed by atoms with E-state index in [2.05, 4.69) is 4.84 Å². The normalized spacial score (nSPS) is 14.4. The van der Waals surface area contributed by atoms with Gasteiger partial charge in [0.2, 0.25) is 0 Å².